The molecule has 0 atom stereocenters. The zero-order valence-electron chi connectivity index (χ0n) is 7.02. The van der Waals surface area contributed by atoms with Crippen molar-refractivity contribution in [3.63, 3.8) is 0 Å². The molecule has 0 saturated carbocycles. The SMILES string of the molecule is Cc1ccc(C(N)=O)c(C)c1F. The van der Waals surface area contributed by atoms with Gasteiger partial charge in [0.15, 0.2) is 0 Å². The molecule has 1 aromatic carbocycles. The van der Waals surface area contributed by atoms with Crippen LogP contribution in [0.3, 0.4) is 0 Å². The van der Waals surface area contributed by atoms with E-state index in [4.69, 9.17) is 5.73 Å². The average Bonchev–Trinajstić information content (AvgIpc) is 2.00. The smallest absolute Gasteiger partial charge is 0.249 e. The van der Waals surface area contributed by atoms with Gasteiger partial charge < -0.3 is 5.73 Å². The number of benzene rings is 1. The molecular weight excluding hydrogens is 157 g/mol. The molecule has 1 rings (SSSR count). The highest BCUT2D eigenvalue weighted by Crippen LogP contribution is 2.15. The second-order valence-corrected chi connectivity index (χ2v) is 2.73. The Bertz CT molecular complexity index is 334. The van der Waals surface area contributed by atoms with E-state index in [0.717, 1.165) is 0 Å². The van der Waals surface area contributed by atoms with E-state index in [1.807, 2.05) is 0 Å². The molecule has 1 aromatic rings. The minimum absolute atomic E-state index is 0.248. The quantitative estimate of drug-likeness (QED) is 0.677. The summed E-state index contributed by atoms with van der Waals surface area (Å²) in [6.45, 7) is 3.19. The third-order valence-electron chi connectivity index (χ3n) is 1.84. The topological polar surface area (TPSA) is 43.1 Å². The second-order valence-electron chi connectivity index (χ2n) is 2.73. The summed E-state index contributed by atoms with van der Waals surface area (Å²) in [4.78, 5) is 10.7. The largest absolute Gasteiger partial charge is 0.366 e. The molecule has 0 aromatic heterocycles. The third-order valence-corrected chi connectivity index (χ3v) is 1.84. The molecular formula is C9H10FNO. The van der Waals surface area contributed by atoms with Crippen LogP contribution in [-0.2, 0) is 0 Å². The molecule has 2 N–H and O–H groups in total. The molecule has 0 heterocycles. The van der Waals surface area contributed by atoms with Crippen molar-refractivity contribution in [3.05, 3.63) is 34.6 Å². The van der Waals surface area contributed by atoms with E-state index in [-0.39, 0.29) is 11.4 Å². The molecule has 3 heteroatoms. The lowest BCUT2D eigenvalue weighted by atomic mass is 10.0. The summed E-state index contributed by atoms with van der Waals surface area (Å²) in [7, 11) is 0. The molecule has 64 valence electrons. The third kappa shape index (κ3) is 1.30. The molecule has 2 nitrogen and oxygen atoms in total. The first-order valence-electron chi connectivity index (χ1n) is 3.59. The summed E-state index contributed by atoms with van der Waals surface area (Å²) in [5.74, 6) is -0.947. The molecule has 0 aliphatic carbocycles. The van der Waals surface area contributed by atoms with Crippen molar-refractivity contribution in [1.82, 2.24) is 0 Å². The number of rotatable bonds is 1. The van der Waals surface area contributed by atoms with Gasteiger partial charge in [-0.2, -0.15) is 0 Å². The fraction of sp³-hybridized carbons (Fsp3) is 0.222. The van der Waals surface area contributed by atoms with Crippen LogP contribution in [0.25, 0.3) is 0 Å². The fourth-order valence-corrected chi connectivity index (χ4v) is 1.09. The van der Waals surface area contributed by atoms with Crippen LogP contribution in [0.4, 0.5) is 4.39 Å². The molecule has 0 unspecified atom stereocenters. The Morgan fingerprint density at radius 3 is 2.50 bits per heavy atom. The predicted molar refractivity (Wildman–Crippen MR) is 44.4 cm³/mol. The van der Waals surface area contributed by atoms with Crippen LogP contribution in [0, 0.1) is 19.7 Å². The van der Waals surface area contributed by atoms with Crippen LogP contribution in [0.5, 0.6) is 0 Å². The molecule has 12 heavy (non-hydrogen) atoms. The average molecular weight is 167 g/mol. The first kappa shape index (κ1) is 8.71. The van der Waals surface area contributed by atoms with Crippen molar-refractivity contribution in [2.24, 2.45) is 5.73 Å². The van der Waals surface area contributed by atoms with Gasteiger partial charge in [0.1, 0.15) is 5.82 Å². The van der Waals surface area contributed by atoms with Gasteiger partial charge in [-0.3, -0.25) is 4.79 Å². The van der Waals surface area contributed by atoms with Crippen molar-refractivity contribution >= 4 is 5.91 Å². The van der Waals surface area contributed by atoms with Crippen LogP contribution >= 0.6 is 0 Å². The summed E-state index contributed by atoms with van der Waals surface area (Å²) < 4.78 is 13.1. The van der Waals surface area contributed by atoms with Gasteiger partial charge in [-0.15, -0.1) is 0 Å². The predicted octanol–water partition coefficient (Wildman–Crippen LogP) is 1.54. The van der Waals surface area contributed by atoms with Crippen molar-refractivity contribution in [1.29, 1.82) is 0 Å². The fourth-order valence-electron chi connectivity index (χ4n) is 1.09. The number of amides is 1. The number of halogens is 1. The maximum atomic E-state index is 13.1. The summed E-state index contributed by atoms with van der Waals surface area (Å²) in [5.41, 5.74) is 6.12. The summed E-state index contributed by atoms with van der Waals surface area (Å²) in [5, 5.41) is 0. The number of primary amides is 1. The minimum atomic E-state index is -0.591. The van der Waals surface area contributed by atoms with Gasteiger partial charge in [-0.1, -0.05) is 6.07 Å². The number of carbonyl (C=O) groups is 1. The van der Waals surface area contributed by atoms with Crippen molar-refractivity contribution < 1.29 is 9.18 Å². The van der Waals surface area contributed by atoms with Gasteiger partial charge in [0.05, 0.1) is 0 Å². The van der Waals surface area contributed by atoms with E-state index in [9.17, 15) is 9.18 Å². The van der Waals surface area contributed by atoms with Gasteiger partial charge in [0.25, 0.3) is 0 Å². The molecule has 0 fully saturated rings. The second kappa shape index (κ2) is 2.93. The summed E-state index contributed by atoms with van der Waals surface area (Å²) in [6.07, 6.45) is 0. The van der Waals surface area contributed by atoms with E-state index in [1.54, 1.807) is 19.9 Å². The first-order valence-corrected chi connectivity index (χ1v) is 3.59. The van der Waals surface area contributed by atoms with E-state index in [1.165, 1.54) is 6.07 Å². The standard InChI is InChI=1S/C9H10FNO/c1-5-3-4-7(9(11)12)6(2)8(5)10/h3-4H,1-2H3,(H2,11,12). The molecule has 0 radical (unpaired) electrons. The summed E-state index contributed by atoms with van der Waals surface area (Å²) in [6, 6.07) is 3.08. The molecule has 0 aliphatic heterocycles. The normalized spacial score (nSPS) is 9.92. The Morgan fingerprint density at radius 2 is 2.00 bits per heavy atom. The Hall–Kier alpha value is -1.38. The van der Waals surface area contributed by atoms with Gasteiger partial charge >= 0.3 is 0 Å². The minimum Gasteiger partial charge on any atom is -0.366 e. The molecule has 0 aliphatic rings. The molecule has 0 saturated heterocycles. The van der Waals surface area contributed by atoms with Crippen LogP contribution < -0.4 is 5.73 Å². The van der Waals surface area contributed by atoms with E-state index in [2.05, 4.69) is 0 Å². The van der Waals surface area contributed by atoms with Gasteiger partial charge in [-0.25, -0.2) is 4.39 Å². The zero-order chi connectivity index (χ0) is 9.30. The number of hydrogen-bond acceptors (Lipinski definition) is 1. The Kier molecular flexibility index (Phi) is 2.13. The van der Waals surface area contributed by atoms with E-state index in [0.29, 0.717) is 11.1 Å². The van der Waals surface area contributed by atoms with Gasteiger partial charge in [0.2, 0.25) is 5.91 Å². The van der Waals surface area contributed by atoms with Crippen LogP contribution in [-0.4, -0.2) is 5.91 Å². The van der Waals surface area contributed by atoms with E-state index < -0.39 is 5.91 Å². The lowest BCUT2D eigenvalue weighted by molar-refractivity contribution is 0.0999. The van der Waals surface area contributed by atoms with Crippen molar-refractivity contribution in [3.8, 4) is 0 Å². The zero-order valence-corrected chi connectivity index (χ0v) is 7.02. The van der Waals surface area contributed by atoms with Gasteiger partial charge in [0, 0.05) is 5.56 Å². The Balaban J connectivity index is 3.36. The highest BCUT2D eigenvalue weighted by atomic mass is 19.1. The Labute approximate surface area is 70.2 Å². The van der Waals surface area contributed by atoms with Gasteiger partial charge in [-0.05, 0) is 31.0 Å². The van der Waals surface area contributed by atoms with Crippen LogP contribution in [0.15, 0.2) is 12.1 Å². The van der Waals surface area contributed by atoms with Crippen molar-refractivity contribution in [2.45, 2.75) is 13.8 Å². The number of carbonyl (C=O) groups excluding carboxylic acids is 1. The molecule has 1 amide bonds. The summed E-state index contributed by atoms with van der Waals surface area (Å²) >= 11 is 0. The maximum absolute atomic E-state index is 13.1. The molecule has 0 spiro atoms. The highest BCUT2D eigenvalue weighted by Gasteiger charge is 2.09. The van der Waals surface area contributed by atoms with Crippen LogP contribution in [0.2, 0.25) is 0 Å². The first-order chi connectivity index (χ1) is 5.54. The lowest BCUT2D eigenvalue weighted by Gasteiger charge is -2.04. The van der Waals surface area contributed by atoms with Crippen molar-refractivity contribution in [2.75, 3.05) is 0 Å². The maximum Gasteiger partial charge on any atom is 0.249 e. The number of nitrogens with two attached hydrogens (primary N) is 1. The molecule has 0 bridgehead atoms. The lowest BCUT2D eigenvalue weighted by Crippen LogP contribution is -2.13. The van der Waals surface area contributed by atoms with Crippen LogP contribution in [0.1, 0.15) is 21.5 Å². The number of hydrogen-bond donors (Lipinski definition) is 1. The monoisotopic (exact) mass is 167 g/mol. The number of aryl methyl sites for hydroxylation is 1. The Morgan fingerprint density at radius 1 is 1.42 bits per heavy atom. The van der Waals surface area contributed by atoms with E-state index >= 15 is 0 Å². The highest BCUT2D eigenvalue weighted by molar-refractivity contribution is 5.94.